The summed E-state index contributed by atoms with van der Waals surface area (Å²) < 4.78 is 7.53. The molecule has 2 heterocycles. The van der Waals surface area contributed by atoms with E-state index in [0.29, 0.717) is 23.8 Å². The van der Waals surface area contributed by atoms with Gasteiger partial charge in [-0.1, -0.05) is 61.6 Å². The van der Waals surface area contributed by atoms with Crippen molar-refractivity contribution in [2.75, 3.05) is 17.2 Å². The maximum absolute atomic E-state index is 13.4. The first-order valence-corrected chi connectivity index (χ1v) is 11.4. The summed E-state index contributed by atoms with van der Waals surface area (Å²) in [5.74, 6) is 1.12. The van der Waals surface area contributed by atoms with Crippen molar-refractivity contribution in [3.63, 3.8) is 0 Å². The number of aromatic nitrogens is 4. The van der Waals surface area contributed by atoms with Crippen LogP contribution < -0.4 is 15.4 Å². The lowest BCUT2D eigenvalue weighted by Gasteiger charge is -2.28. The molecule has 2 aromatic carbocycles. The first kappa shape index (κ1) is 22.5. The minimum Gasteiger partial charge on any atom is -0.494 e. The average Bonchev–Trinajstić information content (AvgIpc) is 3.28. The van der Waals surface area contributed by atoms with Crippen LogP contribution in [0.4, 0.5) is 11.6 Å². The van der Waals surface area contributed by atoms with Gasteiger partial charge in [-0.3, -0.25) is 4.79 Å². The van der Waals surface area contributed by atoms with Crippen LogP contribution in [0.2, 0.25) is 0 Å². The van der Waals surface area contributed by atoms with Gasteiger partial charge in [0.15, 0.2) is 0 Å². The zero-order chi connectivity index (χ0) is 23.2. The highest BCUT2D eigenvalue weighted by Crippen LogP contribution is 2.35. The van der Waals surface area contributed by atoms with Crippen molar-refractivity contribution in [3.8, 4) is 5.75 Å². The molecule has 8 nitrogen and oxygen atoms in total. The zero-order valence-corrected chi connectivity index (χ0v) is 19.3. The van der Waals surface area contributed by atoms with E-state index in [-0.39, 0.29) is 5.91 Å². The number of hydrogen-bond donors (Lipinski definition) is 2. The van der Waals surface area contributed by atoms with Crippen LogP contribution in [0.3, 0.4) is 0 Å². The predicted molar refractivity (Wildman–Crippen MR) is 128 cm³/mol. The summed E-state index contributed by atoms with van der Waals surface area (Å²) >= 11 is 0. The number of aryl methyl sites for hydroxylation is 1. The Kier molecular flexibility index (Phi) is 7.02. The standard InChI is InChI=1S/C25H30N6O2/c1-4-5-6-9-16-33-20-14-12-19(13-15-20)23-22(18(3)26-25-28-29-30-31(23)25)24(32)27-21-11-8-7-10-17(21)2/h7-8,10-15,23H,4-6,9,16H2,1-3H3,(H,27,32)(H,26,28,30). The number of anilines is 2. The number of unbranched alkanes of at least 4 members (excludes halogenated alkanes) is 3. The molecule has 1 unspecified atom stereocenters. The second-order valence-electron chi connectivity index (χ2n) is 8.26. The Morgan fingerprint density at radius 3 is 2.64 bits per heavy atom. The fourth-order valence-corrected chi connectivity index (χ4v) is 3.98. The van der Waals surface area contributed by atoms with Crippen molar-refractivity contribution < 1.29 is 9.53 Å². The number of amides is 1. The third-order valence-corrected chi connectivity index (χ3v) is 5.81. The molecule has 0 fully saturated rings. The van der Waals surface area contributed by atoms with Crippen LogP contribution in [0.25, 0.3) is 0 Å². The first-order valence-electron chi connectivity index (χ1n) is 11.4. The van der Waals surface area contributed by atoms with Crippen LogP contribution in [0.15, 0.2) is 59.8 Å². The molecule has 0 spiro atoms. The monoisotopic (exact) mass is 446 g/mol. The lowest BCUT2D eigenvalue weighted by atomic mass is 9.95. The lowest BCUT2D eigenvalue weighted by Crippen LogP contribution is -2.31. The number of carbonyl (C=O) groups excluding carboxylic acids is 1. The van der Waals surface area contributed by atoms with Gasteiger partial charge in [-0.15, -0.1) is 0 Å². The molecule has 0 saturated carbocycles. The molecule has 0 bridgehead atoms. The zero-order valence-electron chi connectivity index (χ0n) is 19.3. The summed E-state index contributed by atoms with van der Waals surface area (Å²) in [4.78, 5) is 13.4. The quantitative estimate of drug-likeness (QED) is 0.456. The second kappa shape index (κ2) is 10.3. The summed E-state index contributed by atoms with van der Waals surface area (Å²) in [6.45, 7) is 6.73. The maximum Gasteiger partial charge on any atom is 0.255 e. The Bertz CT molecular complexity index is 1140. The van der Waals surface area contributed by atoms with Gasteiger partial charge in [-0.05, 0) is 60.0 Å². The van der Waals surface area contributed by atoms with Gasteiger partial charge >= 0.3 is 0 Å². The molecule has 4 rings (SSSR count). The molecular formula is C25H30N6O2. The summed E-state index contributed by atoms with van der Waals surface area (Å²) in [5.41, 5.74) is 3.94. The molecule has 0 saturated heterocycles. The van der Waals surface area contributed by atoms with Gasteiger partial charge in [0.25, 0.3) is 5.91 Å². The Morgan fingerprint density at radius 2 is 1.88 bits per heavy atom. The number of benzene rings is 2. The number of para-hydroxylation sites is 1. The second-order valence-corrected chi connectivity index (χ2v) is 8.26. The molecule has 1 aromatic heterocycles. The number of fused-ring (bicyclic) bond motifs is 1. The Labute approximate surface area is 194 Å². The number of nitrogens with one attached hydrogen (secondary N) is 2. The Morgan fingerprint density at radius 1 is 1.09 bits per heavy atom. The summed E-state index contributed by atoms with van der Waals surface area (Å²) in [6.07, 6.45) is 4.65. The third kappa shape index (κ3) is 5.05. The highest BCUT2D eigenvalue weighted by Gasteiger charge is 2.34. The van der Waals surface area contributed by atoms with Gasteiger partial charge < -0.3 is 15.4 Å². The fourth-order valence-electron chi connectivity index (χ4n) is 3.98. The molecule has 1 aliphatic rings. The smallest absolute Gasteiger partial charge is 0.255 e. The summed E-state index contributed by atoms with van der Waals surface area (Å²) in [5, 5.41) is 18.2. The van der Waals surface area contributed by atoms with Crippen LogP contribution in [0.5, 0.6) is 5.75 Å². The minimum atomic E-state index is -0.459. The summed E-state index contributed by atoms with van der Waals surface area (Å²) in [7, 11) is 0. The van der Waals surface area contributed by atoms with Crippen molar-refractivity contribution in [2.24, 2.45) is 0 Å². The number of rotatable bonds is 9. The van der Waals surface area contributed by atoms with Crippen molar-refractivity contribution in [3.05, 3.63) is 70.9 Å². The van der Waals surface area contributed by atoms with Crippen molar-refractivity contribution >= 4 is 17.5 Å². The van der Waals surface area contributed by atoms with Gasteiger partial charge in [0, 0.05) is 11.4 Å². The van der Waals surface area contributed by atoms with Crippen molar-refractivity contribution in [1.82, 2.24) is 20.2 Å². The van der Waals surface area contributed by atoms with Gasteiger partial charge in [0.05, 0.1) is 12.2 Å². The highest BCUT2D eigenvalue weighted by atomic mass is 16.5. The third-order valence-electron chi connectivity index (χ3n) is 5.81. The number of allylic oxidation sites excluding steroid dienone is 1. The fraction of sp³-hybridized carbons (Fsp3) is 0.360. The van der Waals surface area contributed by atoms with E-state index in [1.807, 2.05) is 62.4 Å². The molecule has 0 aliphatic carbocycles. The highest BCUT2D eigenvalue weighted by molar-refractivity contribution is 6.06. The molecule has 1 amide bonds. The first-order chi connectivity index (χ1) is 16.1. The maximum atomic E-state index is 13.4. The molecule has 8 heteroatoms. The Hall–Kier alpha value is -3.68. The van der Waals surface area contributed by atoms with Crippen LogP contribution >= 0.6 is 0 Å². The molecule has 0 radical (unpaired) electrons. The average molecular weight is 447 g/mol. The van der Waals surface area contributed by atoms with E-state index in [0.717, 1.165) is 29.0 Å². The van der Waals surface area contributed by atoms with Gasteiger partial charge in [0.2, 0.25) is 5.95 Å². The van der Waals surface area contributed by atoms with E-state index in [9.17, 15) is 4.79 Å². The van der Waals surface area contributed by atoms with E-state index in [1.54, 1.807) is 4.68 Å². The van der Waals surface area contributed by atoms with Gasteiger partial charge in [0.1, 0.15) is 11.8 Å². The minimum absolute atomic E-state index is 0.197. The Balaban J connectivity index is 1.58. The van der Waals surface area contributed by atoms with Crippen LogP contribution in [0, 0.1) is 6.92 Å². The normalized spacial score (nSPS) is 15.1. The van der Waals surface area contributed by atoms with Crippen molar-refractivity contribution in [2.45, 2.75) is 52.5 Å². The molecule has 33 heavy (non-hydrogen) atoms. The van der Waals surface area contributed by atoms with E-state index in [4.69, 9.17) is 4.74 Å². The largest absolute Gasteiger partial charge is 0.494 e. The van der Waals surface area contributed by atoms with Crippen LogP contribution in [-0.2, 0) is 4.79 Å². The van der Waals surface area contributed by atoms with Crippen LogP contribution in [0.1, 0.15) is 56.7 Å². The number of ether oxygens (including phenoxy) is 1. The topological polar surface area (TPSA) is 94.0 Å². The number of tetrazole rings is 1. The van der Waals surface area contributed by atoms with E-state index in [2.05, 4.69) is 33.1 Å². The SMILES string of the molecule is CCCCCCOc1ccc(C2C(C(=O)Nc3ccccc3C)=C(C)Nc3nnnn32)cc1. The van der Waals surface area contributed by atoms with Crippen LogP contribution in [-0.4, -0.2) is 32.7 Å². The molecule has 3 aromatic rings. The predicted octanol–water partition coefficient (Wildman–Crippen LogP) is 4.87. The van der Waals surface area contributed by atoms with E-state index < -0.39 is 6.04 Å². The summed E-state index contributed by atoms with van der Waals surface area (Å²) in [6, 6.07) is 15.1. The molecule has 2 N–H and O–H groups in total. The van der Waals surface area contributed by atoms with Crippen molar-refractivity contribution in [1.29, 1.82) is 0 Å². The molecular weight excluding hydrogens is 416 g/mol. The van der Waals surface area contributed by atoms with E-state index >= 15 is 0 Å². The molecule has 1 aliphatic heterocycles. The van der Waals surface area contributed by atoms with E-state index in [1.165, 1.54) is 19.3 Å². The number of carbonyl (C=O) groups is 1. The molecule has 1 atom stereocenters. The lowest BCUT2D eigenvalue weighted by molar-refractivity contribution is -0.113. The number of hydrogen-bond acceptors (Lipinski definition) is 6. The van der Waals surface area contributed by atoms with Gasteiger partial charge in [-0.2, -0.15) is 4.68 Å². The molecule has 172 valence electrons. The van der Waals surface area contributed by atoms with Gasteiger partial charge in [-0.25, -0.2) is 0 Å². The number of nitrogens with zero attached hydrogens (tertiary/aromatic N) is 4.